The number of carboxylic acids is 2. The molecule has 3 aromatic carbocycles. The molecule has 0 amide bonds. The minimum atomic E-state index is -1.28. The summed E-state index contributed by atoms with van der Waals surface area (Å²) in [7, 11) is 0. The number of carboxylic acid groups (broad SMARTS) is 2. The van der Waals surface area contributed by atoms with Crippen molar-refractivity contribution < 1.29 is 30.0 Å². The van der Waals surface area contributed by atoms with Gasteiger partial charge in [-0.2, -0.15) is 0 Å². The Morgan fingerprint density at radius 2 is 1.30 bits per heavy atom. The van der Waals surface area contributed by atoms with Gasteiger partial charge >= 0.3 is 11.9 Å². The molecule has 0 aliphatic carbocycles. The molecule has 0 radical (unpaired) electrons. The van der Waals surface area contributed by atoms with Crippen molar-refractivity contribution in [1.82, 2.24) is 0 Å². The maximum Gasteiger partial charge on any atom is 0.335 e. The van der Waals surface area contributed by atoms with Gasteiger partial charge in [-0.1, -0.05) is 24.3 Å². The molecule has 168 valence electrons. The van der Waals surface area contributed by atoms with E-state index in [0.29, 0.717) is 5.56 Å². The van der Waals surface area contributed by atoms with E-state index in [9.17, 15) is 30.0 Å². The summed E-state index contributed by atoms with van der Waals surface area (Å²) in [6, 6.07) is 15.5. The molecule has 3 rings (SSSR count). The van der Waals surface area contributed by atoms with E-state index in [1.165, 1.54) is 24.3 Å². The van der Waals surface area contributed by atoms with E-state index in [-0.39, 0.29) is 45.4 Å². The molecule has 9 nitrogen and oxygen atoms in total. The summed E-state index contributed by atoms with van der Waals surface area (Å²) in [5.41, 5.74) is 6.52. The summed E-state index contributed by atoms with van der Waals surface area (Å²) in [5, 5.41) is 39.1. The number of para-hydroxylation sites is 2. The van der Waals surface area contributed by atoms with Crippen molar-refractivity contribution in [3.05, 3.63) is 94.5 Å². The van der Waals surface area contributed by atoms with Crippen LogP contribution in [0.1, 0.15) is 50.4 Å². The van der Waals surface area contributed by atoms with Crippen LogP contribution in [0.15, 0.2) is 76.7 Å². The van der Waals surface area contributed by atoms with E-state index < -0.39 is 18.0 Å². The van der Waals surface area contributed by atoms with Crippen molar-refractivity contribution in [2.75, 3.05) is 0 Å². The van der Waals surface area contributed by atoms with Crippen molar-refractivity contribution in [2.24, 2.45) is 15.7 Å². The number of benzene rings is 3. The van der Waals surface area contributed by atoms with Crippen LogP contribution < -0.4 is 5.73 Å². The number of hydrogen-bond donors (Lipinski definition) is 5. The monoisotopic (exact) mass is 447 g/mol. The molecule has 0 saturated heterocycles. The first kappa shape index (κ1) is 23.0. The van der Waals surface area contributed by atoms with E-state index in [1.807, 2.05) is 0 Å². The highest BCUT2D eigenvalue weighted by Crippen LogP contribution is 2.25. The number of phenolic OH excluding ortho intramolecular Hbond substituents is 2. The average molecular weight is 447 g/mol. The zero-order chi connectivity index (χ0) is 24.1. The number of aliphatic imine (C=N–C) groups is 2. The van der Waals surface area contributed by atoms with Gasteiger partial charge in [-0.15, -0.1) is 0 Å². The summed E-state index contributed by atoms with van der Waals surface area (Å²) in [6.45, 7) is 1.62. The first-order valence-electron chi connectivity index (χ1n) is 9.77. The Morgan fingerprint density at radius 3 is 1.79 bits per heavy atom. The maximum absolute atomic E-state index is 11.4. The van der Waals surface area contributed by atoms with Crippen LogP contribution in [0.2, 0.25) is 0 Å². The molecule has 0 aliphatic rings. The van der Waals surface area contributed by atoms with E-state index >= 15 is 0 Å². The number of hydrogen-bond acceptors (Lipinski definition) is 5. The summed E-state index contributed by atoms with van der Waals surface area (Å²) in [5.74, 6) is -2.82. The van der Waals surface area contributed by atoms with E-state index in [1.54, 1.807) is 43.3 Å². The molecule has 0 saturated carbocycles. The molecular weight excluding hydrogens is 426 g/mol. The minimum Gasteiger partial charge on any atom is -0.507 e. The van der Waals surface area contributed by atoms with Crippen LogP contribution in [-0.2, 0) is 0 Å². The predicted molar refractivity (Wildman–Crippen MR) is 122 cm³/mol. The van der Waals surface area contributed by atoms with Crippen LogP contribution in [-0.4, -0.2) is 44.0 Å². The Hall–Kier alpha value is -4.66. The zero-order valence-electron chi connectivity index (χ0n) is 17.5. The topological polar surface area (TPSA) is 166 Å². The number of phenols is 2. The quantitative estimate of drug-likeness (QED) is 0.285. The molecule has 0 heterocycles. The van der Waals surface area contributed by atoms with E-state index in [2.05, 4.69) is 9.98 Å². The number of rotatable bonds is 6. The summed E-state index contributed by atoms with van der Waals surface area (Å²) in [4.78, 5) is 31.7. The molecule has 0 spiro atoms. The van der Waals surface area contributed by atoms with Crippen molar-refractivity contribution in [3.63, 3.8) is 0 Å². The van der Waals surface area contributed by atoms with E-state index in [0.717, 1.165) is 6.07 Å². The van der Waals surface area contributed by atoms with Gasteiger partial charge in [-0.25, -0.2) is 14.6 Å². The maximum atomic E-state index is 11.4. The fourth-order valence-corrected chi connectivity index (χ4v) is 3.08. The lowest BCUT2D eigenvalue weighted by atomic mass is 10.0. The van der Waals surface area contributed by atoms with Crippen molar-refractivity contribution in [1.29, 1.82) is 0 Å². The zero-order valence-corrected chi connectivity index (χ0v) is 17.5. The fourth-order valence-electron chi connectivity index (χ4n) is 3.08. The fraction of sp³-hybridized carbons (Fsp3) is 0.0833. The largest absolute Gasteiger partial charge is 0.507 e. The number of nitrogens with two attached hydrogens (primary N) is 1. The Morgan fingerprint density at radius 1 is 0.818 bits per heavy atom. The standard InChI is InChI=1S/C24H21N3O6/c1-13(14-10-15(23(30)31)12-16(11-14)24(32)33)26-22(18-7-3-5-9-20(18)29)27-21(25)17-6-2-4-8-19(17)28/h2-13,28-29H,1H3,(H,30,31)(H,32,33)(H2,25,26,27). The van der Waals surface area contributed by atoms with Gasteiger partial charge in [0.1, 0.15) is 17.3 Å². The van der Waals surface area contributed by atoms with Crippen LogP contribution in [0, 0.1) is 0 Å². The van der Waals surface area contributed by atoms with Gasteiger partial charge in [-0.05, 0) is 55.0 Å². The second kappa shape index (κ2) is 9.65. The average Bonchev–Trinajstić information content (AvgIpc) is 2.78. The number of nitrogens with zero attached hydrogens (tertiary/aromatic N) is 2. The van der Waals surface area contributed by atoms with Crippen LogP contribution in [0.5, 0.6) is 11.5 Å². The smallest absolute Gasteiger partial charge is 0.335 e. The number of aromatic carboxylic acids is 2. The number of carbonyl (C=O) groups is 2. The molecule has 0 aromatic heterocycles. The van der Waals surface area contributed by atoms with Gasteiger partial charge < -0.3 is 26.2 Å². The Balaban J connectivity index is 2.15. The third kappa shape index (κ3) is 5.34. The lowest BCUT2D eigenvalue weighted by molar-refractivity contribution is 0.0696. The van der Waals surface area contributed by atoms with Gasteiger partial charge in [-0.3, -0.25) is 4.99 Å². The highest BCUT2D eigenvalue weighted by Gasteiger charge is 2.17. The molecular formula is C24H21N3O6. The first-order valence-corrected chi connectivity index (χ1v) is 9.77. The molecule has 0 bridgehead atoms. The molecule has 3 aromatic rings. The molecule has 1 unspecified atom stereocenters. The highest BCUT2D eigenvalue weighted by molar-refractivity contribution is 6.12. The van der Waals surface area contributed by atoms with Gasteiger partial charge in [0.05, 0.1) is 28.3 Å². The third-order valence-electron chi connectivity index (χ3n) is 4.80. The lowest BCUT2D eigenvalue weighted by Crippen LogP contribution is -2.17. The molecule has 33 heavy (non-hydrogen) atoms. The number of amidine groups is 2. The summed E-state index contributed by atoms with van der Waals surface area (Å²) >= 11 is 0. The second-order valence-corrected chi connectivity index (χ2v) is 7.11. The molecule has 0 aliphatic heterocycles. The summed E-state index contributed by atoms with van der Waals surface area (Å²) < 4.78 is 0. The minimum absolute atomic E-state index is 0.0129. The Kier molecular flexibility index (Phi) is 6.73. The van der Waals surface area contributed by atoms with Crippen molar-refractivity contribution >= 4 is 23.6 Å². The molecule has 6 N–H and O–H groups in total. The Bertz CT molecular complexity index is 1250. The SMILES string of the molecule is CC(N=C(N=C(N)c1ccccc1O)c1ccccc1O)c1cc(C(=O)O)cc(C(=O)O)c1. The predicted octanol–water partition coefficient (Wildman–Crippen LogP) is 3.41. The van der Waals surface area contributed by atoms with E-state index in [4.69, 9.17) is 5.73 Å². The normalized spacial score (nSPS) is 12.9. The van der Waals surface area contributed by atoms with Gasteiger partial charge in [0.15, 0.2) is 5.84 Å². The van der Waals surface area contributed by atoms with Crippen LogP contribution in [0.3, 0.4) is 0 Å². The van der Waals surface area contributed by atoms with Gasteiger partial charge in [0, 0.05) is 0 Å². The summed E-state index contributed by atoms with van der Waals surface area (Å²) in [6.07, 6.45) is 0. The molecule has 0 fully saturated rings. The third-order valence-corrected chi connectivity index (χ3v) is 4.80. The van der Waals surface area contributed by atoms with Crippen LogP contribution in [0.25, 0.3) is 0 Å². The van der Waals surface area contributed by atoms with Gasteiger partial charge in [0.2, 0.25) is 0 Å². The van der Waals surface area contributed by atoms with Crippen LogP contribution >= 0.6 is 0 Å². The second-order valence-electron chi connectivity index (χ2n) is 7.11. The number of aromatic hydroxyl groups is 2. The van der Waals surface area contributed by atoms with Crippen LogP contribution in [0.4, 0.5) is 0 Å². The van der Waals surface area contributed by atoms with Gasteiger partial charge in [0.25, 0.3) is 0 Å². The van der Waals surface area contributed by atoms with Crippen molar-refractivity contribution in [2.45, 2.75) is 13.0 Å². The van der Waals surface area contributed by atoms with Crippen molar-refractivity contribution in [3.8, 4) is 11.5 Å². The lowest BCUT2D eigenvalue weighted by Gasteiger charge is -2.13. The molecule has 9 heteroatoms. The molecule has 1 atom stereocenters. The highest BCUT2D eigenvalue weighted by atomic mass is 16.4. The Labute approximate surface area is 188 Å². The first-order chi connectivity index (χ1) is 15.7.